The van der Waals surface area contributed by atoms with Gasteiger partial charge in [0, 0.05) is 23.2 Å². The molecule has 1 fully saturated rings. The largest absolute Gasteiger partial charge is 0.488 e. The molecule has 1 N–H and O–H groups in total. The van der Waals surface area contributed by atoms with Crippen LogP contribution in [0.5, 0.6) is 5.75 Å². The fraction of sp³-hybridized carbons (Fsp3) is 0.333. The average Bonchev–Trinajstić information content (AvgIpc) is 3.40. The first-order valence-corrected chi connectivity index (χ1v) is 13.3. The minimum atomic E-state index is -3.14. The van der Waals surface area contributed by atoms with Gasteiger partial charge < -0.3 is 14.3 Å². The second kappa shape index (κ2) is 10.7. The van der Waals surface area contributed by atoms with E-state index in [-0.39, 0.29) is 43.0 Å². The zero-order chi connectivity index (χ0) is 24.3. The molecular formula is C24H24Cl2FNO5S. The number of hydrogen-bond acceptors (Lipinski definition) is 6. The molecular weight excluding hydrogens is 504 g/mol. The minimum absolute atomic E-state index is 0.00157. The zero-order valence-electron chi connectivity index (χ0n) is 18.2. The number of aliphatic hydroxyl groups is 1. The maximum atomic E-state index is 13.8. The molecule has 34 heavy (non-hydrogen) atoms. The highest BCUT2D eigenvalue weighted by Gasteiger charge is 2.33. The molecule has 0 spiro atoms. The van der Waals surface area contributed by atoms with Crippen LogP contribution >= 0.6 is 23.2 Å². The van der Waals surface area contributed by atoms with E-state index in [9.17, 15) is 17.9 Å². The van der Waals surface area contributed by atoms with Crippen LogP contribution in [0.1, 0.15) is 12.2 Å². The summed E-state index contributed by atoms with van der Waals surface area (Å²) in [5, 5.41) is 11.6. The van der Waals surface area contributed by atoms with Crippen molar-refractivity contribution >= 4 is 33.0 Å². The molecule has 2 atom stereocenters. The highest BCUT2D eigenvalue weighted by molar-refractivity contribution is 7.91. The molecule has 0 aliphatic carbocycles. The lowest BCUT2D eigenvalue weighted by Gasteiger charge is -2.29. The fourth-order valence-electron chi connectivity index (χ4n) is 3.97. The maximum absolute atomic E-state index is 13.8. The van der Waals surface area contributed by atoms with Gasteiger partial charge in [-0.3, -0.25) is 4.90 Å². The Morgan fingerprint density at radius 3 is 2.71 bits per heavy atom. The molecule has 3 aromatic rings. The first-order valence-electron chi connectivity index (χ1n) is 10.7. The van der Waals surface area contributed by atoms with Crippen molar-refractivity contribution in [2.75, 3.05) is 24.7 Å². The number of hydrogen-bond donors (Lipinski definition) is 1. The molecule has 1 aromatic heterocycles. The quantitative estimate of drug-likeness (QED) is 0.429. The second-order valence-electron chi connectivity index (χ2n) is 8.27. The van der Waals surface area contributed by atoms with E-state index in [0.29, 0.717) is 33.6 Å². The van der Waals surface area contributed by atoms with Crippen LogP contribution in [0.25, 0.3) is 11.3 Å². The Kier molecular flexibility index (Phi) is 7.84. The van der Waals surface area contributed by atoms with E-state index < -0.39 is 21.8 Å². The second-order valence-corrected chi connectivity index (χ2v) is 11.3. The molecule has 0 saturated carbocycles. The van der Waals surface area contributed by atoms with Gasteiger partial charge in [-0.1, -0.05) is 35.3 Å². The van der Waals surface area contributed by atoms with Gasteiger partial charge in [0.1, 0.15) is 24.2 Å². The number of benzene rings is 2. The molecule has 1 aliphatic heterocycles. The lowest BCUT2D eigenvalue weighted by Crippen LogP contribution is -2.42. The number of halogens is 3. The molecule has 0 radical (unpaired) electrons. The lowest BCUT2D eigenvalue weighted by atomic mass is 10.2. The number of para-hydroxylation sites is 1. The third-order valence-electron chi connectivity index (χ3n) is 5.65. The monoisotopic (exact) mass is 527 g/mol. The van der Waals surface area contributed by atoms with Gasteiger partial charge in [0.05, 0.1) is 23.1 Å². The van der Waals surface area contributed by atoms with Crippen LogP contribution in [-0.2, 0) is 16.4 Å². The first kappa shape index (κ1) is 25.0. The van der Waals surface area contributed by atoms with Gasteiger partial charge in [0.25, 0.3) is 0 Å². The van der Waals surface area contributed by atoms with E-state index in [1.807, 2.05) is 4.90 Å². The standard InChI is InChI=1S/C24H24Cl2FNO5S/c25-16-5-7-21(26)20(11-16)23-8-6-19(33-23)13-28(17-9-10-34(30,31)15-17)12-18(29)14-32-24-4-2-1-3-22(24)27/h1-8,11,17-18,29H,9-10,12-15H2. The zero-order valence-corrected chi connectivity index (χ0v) is 20.5. The van der Waals surface area contributed by atoms with Gasteiger partial charge >= 0.3 is 0 Å². The molecule has 4 rings (SSSR count). The molecule has 1 aliphatic rings. The van der Waals surface area contributed by atoms with E-state index in [0.717, 1.165) is 0 Å². The summed E-state index contributed by atoms with van der Waals surface area (Å²) >= 11 is 12.4. The summed E-state index contributed by atoms with van der Waals surface area (Å²) in [6, 6.07) is 14.3. The highest BCUT2D eigenvalue weighted by Crippen LogP contribution is 2.32. The van der Waals surface area contributed by atoms with E-state index in [1.165, 1.54) is 12.1 Å². The summed E-state index contributed by atoms with van der Waals surface area (Å²) in [6.45, 7) is 0.260. The van der Waals surface area contributed by atoms with Crippen molar-refractivity contribution in [3.05, 3.63) is 76.2 Å². The van der Waals surface area contributed by atoms with Crippen molar-refractivity contribution in [1.82, 2.24) is 4.90 Å². The van der Waals surface area contributed by atoms with Crippen LogP contribution in [0.2, 0.25) is 10.0 Å². The van der Waals surface area contributed by atoms with Gasteiger partial charge in [0.15, 0.2) is 21.4 Å². The van der Waals surface area contributed by atoms with Crippen molar-refractivity contribution in [3.8, 4) is 17.1 Å². The van der Waals surface area contributed by atoms with E-state index in [1.54, 1.807) is 42.5 Å². The molecule has 2 heterocycles. The van der Waals surface area contributed by atoms with Crippen molar-refractivity contribution in [1.29, 1.82) is 0 Å². The topological polar surface area (TPSA) is 80.0 Å². The minimum Gasteiger partial charge on any atom is -0.488 e. The Labute approximate surface area is 207 Å². The molecule has 0 amide bonds. The van der Waals surface area contributed by atoms with Crippen molar-refractivity contribution < 1.29 is 27.1 Å². The summed E-state index contributed by atoms with van der Waals surface area (Å²) in [5.41, 5.74) is 0.647. The number of rotatable bonds is 9. The average molecular weight is 528 g/mol. The van der Waals surface area contributed by atoms with Gasteiger partial charge in [-0.05, 0) is 48.9 Å². The Morgan fingerprint density at radius 1 is 1.18 bits per heavy atom. The third kappa shape index (κ3) is 6.31. The van der Waals surface area contributed by atoms with Crippen LogP contribution in [-0.4, -0.2) is 55.2 Å². The van der Waals surface area contributed by atoms with Crippen molar-refractivity contribution in [3.63, 3.8) is 0 Å². The van der Waals surface area contributed by atoms with E-state index in [4.69, 9.17) is 32.4 Å². The molecule has 2 unspecified atom stereocenters. The van der Waals surface area contributed by atoms with Gasteiger partial charge in [-0.15, -0.1) is 0 Å². The maximum Gasteiger partial charge on any atom is 0.165 e. The first-order chi connectivity index (χ1) is 16.2. The Balaban J connectivity index is 1.47. The summed E-state index contributed by atoms with van der Waals surface area (Å²) in [5.74, 6) is 0.739. The van der Waals surface area contributed by atoms with Gasteiger partial charge in [-0.2, -0.15) is 0 Å². The molecule has 2 aromatic carbocycles. The Morgan fingerprint density at radius 2 is 1.97 bits per heavy atom. The number of furan rings is 1. The number of aliphatic hydroxyl groups excluding tert-OH is 1. The van der Waals surface area contributed by atoms with Crippen LogP contribution in [0, 0.1) is 5.82 Å². The van der Waals surface area contributed by atoms with Crippen LogP contribution in [0.15, 0.2) is 59.0 Å². The summed E-state index contributed by atoms with van der Waals surface area (Å²) in [6.07, 6.45) is -0.517. The highest BCUT2D eigenvalue weighted by atomic mass is 35.5. The smallest absolute Gasteiger partial charge is 0.165 e. The van der Waals surface area contributed by atoms with Crippen molar-refractivity contribution in [2.45, 2.75) is 25.1 Å². The normalized spacial score (nSPS) is 18.3. The van der Waals surface area contributed by atoms with Gasteiger partial charge in [0.2, 0.25) is 0 Å². The number of ether oxygens (including phenoxy) is 1. The Hall–Kier alpha value is -2.10. The number of sulfone groups is 1. The van der Waals surface area contributed by atoms with Crippen LogP contribution < -0.4 is 4.74 Å². The van der Waals surface area contributed by atoms with E-state index in [2.05, 4.69) is 0 Å². The molecule has 10 heteroatoms. The van der Waals surface area contributed by atoms with Crippen molar-refractivity contribution in [2.24, 2.45) is 0 Å². The lowest BCUT2D eigenvalue weighted by molar-refractivity contribution is 0.0487. The molecule has 0 bridgehead atoms. The fourth-order valence-corrected chi connectivity index (χ4v) is 6.12. The SMILES string of the molecule is O=S1(=O)CCC(N(Cc2ccc(-c3cc(Cl)ccc3Cl)o2)CC(O)COc2ccccc2F)C1. The molecule has 1 saturated heterocycles. The Bertz CT molecular complexity index is 1250. The van der Waals surface area contributed by atoms with Crippen LogP contribution in [0.3, 0.4) is 0 Å². The number of nitrogens with zero attached hydrogens (tertiary/aromatic N) is 1. The van der Waals surface area contributed by atoms with Crippen LogP contribution in [0.4, 0.5) is 4.39 Å². The predicted octanol–water partition coefficient (Wildman–Crippen LogP) is 4.82. The summed E-state index contributed by atoms with van der Waals surface area (Å²) < 4.78 is 49.4. The molecule has 182 valence electrons. The molecule has 6 nitrogen and oxygen atoms in total. The predicted molar refractivity (Wildman–Crippen MR) is 130 cm³/mol. The summed E-state index contributed by atoms with van der Waals surface area (Å²) in [7, 11) is -3.14. The van der Waals surface area contributed by atoms with E-state index >= 15 is 0 Å². The third-order valence-corrected chi connectivity index (χ3v) is 7.97. The summed E-state index contributed by atoms with van der Waals surface area (Å²) in [4.78, 5) is 1.86. The van der Waals surface area contributed by atoms with Gasteiger partial charge in [-0.25, -0.2) is 12.8 Å².